The summed E-state index contributed by atoms with van der Waals surface area (Å²) in [5.74, 6) is -0.927. The van der Waals surface area contributed by atoms with Crippen LogP contribution in [-0.4, -0.2) is 37.5 Å². The third-order valence-electron chi connectivity index (χ3n) is 5.09. The van der Waals surface area contributed by atoms with Gasteiger partial charge in [-0.1, -0.05) is 30.3 Å². The van der Waals surface area contributed by atoms with Crippen molar-refractivity contribution in [3.63, 3.8) is 0 Å². The van der Waals surface area contributed by atoms with Crippen molar-refractivity contribution in [2.75, 3.05) is 13.7 Å². The second kappa shape index (κ2) is 9.91. The molecule has 3 rings (SSSR count). The minimum atomic E-state index is -0.958. The van der Waals surface area contributed by atoms with Crippen LogP contribution in [0.2, 0.25) is 0 Å². The minimum absolute atomic E-state index is 0.0867. The van der Waals surface area contributed by atoms with Crippen LogP contribution in [0.15, 0.2) is 48.5 Å². The zero-order valence-electron chi connectivity index (χ0n) is 17.1. The smallest absolute Gasteiger partial charge is 0.326 e. The topological polar surface area (TPSA) is 93.7 Å². The fourth-order valence-corrected chi connectivity index (χ4v) is 3.50. The van der Waals surface area contributed by atoms with E-state index in [4.69, 9.17) is 9.47 Å². The lowest BCUT2D eigenvalue weighted by Crippen LogP contribution is -2.41. The molecule has 0 saturated carbocycles. The number of hydrogen-bond donors (Lipinski definition) is 2. The van der Waals surface area contributed by atoms with Crippen LogP contribution in [0.1, 0.15) is 47.3 Å². The summed E-state index contributed by atoms with van der Waals surface area (Å²) in [6, 6.07) is 14.5. The zero-order chi connectivity index (χ0) is 21.5. The van der Waals surface area contributed by atoms with Gasteiger partial charge in [-0.25, -0.2) is 0 Å². The number of esters is 1. The van der Waals surface area contributed by atoms with Crippen LogP contribution in [-0.2, 0) is 20.7 Å². The SMILES string of the molecule is COc1cccc(C(=O)NCC(=O)O[C@H](C)C(=O)N[C@@H]2CCCc3ccccc32)c1. The number of fused-ring (bicyclic) bond motifs is 1. The van der Waals surface area contributed by atoms with Gasteiger partial charge in [0.25, 0.3) is 11.8 Å². The van der Waals surface area contributed by atoms with Crippen molar-refractivity contribution in [3.8, 4) is 5.75 Å². The number of hydrogen-bond acceptors (Lipinski definition) is 5. The first kappa shape index (κ1) is 21.4. The van der Waals surface area contributed by atoms with Crippen LogP contribution in [0, 0.1) is 0 Å². The average Bonchev–Trinajstić information content (AvgIpc) is 2.77. The lowest BCUT2D eigenvalue weighted by atomic mass is 9.87. The molecule has 0 bridgehead atoms. The van der Waals surface area contributed by atoms with Crippen molar-refractivity contribution in [1.82, 2.24) is 10.6 Å². The van der Waals surface area contributed by atoms with Crippen molar-refractivity contribution in [2.24, 2.45) is 0 Å². The monoisotopic (exact) mass is 410 g/mol. The number of ether oxygens (including phenoxy) is 2. The van der Waals surface area contributed by atoms with Gasteiger partial charge in [-0.05, 0) is 55.5 Å². The van der Waals surface area contributed by atoms with Crippen LogP contribution in [0.5, 0.6) is 5.75 Å². The summed E-state index contributed by atoms with van der Waals surface area (Å²) in [5, 5.41) is 5.45. The summed E-state index contributed by atoms with van der Waals surface area (Å²) in [6.45, 7) is 1.19. The first-order valence-corrected chi connectivity index (χ1v) is 9.98. The van der Waals surface area contributed by atoms with E-state index in [0.29, 0.717) is 11.3 Å². The molecule has 30 heavy (non-hydrogen) atoms. The highest BCUT2D eigenvalue weighted by atomic mass is 16.5. The van der Waals surface area contributed by atoms with E-state index < -0.39 is 18.0 Å². The molecule has 158 valence electrons. The number of amides is 2. The van der Waals surface area contributed by atoms with E-state index in [1.54, 1.807) is 24.3 Å². The average molecular weight is 410 g/mol. The molecule has 2 amide bonds. The van der Waals surface area contributed by atoms with Crippen LogP contribution in [0.3, 0.4) is 0 Å². The van der Waals surface area contributed by atoms with Crippen molar-refractivity contribution < 1.29 is 23.9 Å². The third kappa shape index (κ3) is 5.37. The first-order valence-electron chi connectivity index (χ1n) is 9.98. The second-order valence-corrected chi connectivity index (χ2v) is 7.20. The van der Waals surface area contributed by atoms with Gasteiger partial charge < -0.3 is 20.1 Å². The quantitative estimate of drug-likeness (QED) is 0.685. The van der Waals surface area contributed by atoms with E-state index in [9.17, 15) is 14.4 Å². The molecule has 1 aliphatic rings. The van der Waals surface area contributed by atoms with E-state index >= 15 is 0 Å². The largest absolute Gasteiger partial charge is 0.497 e. The Labute approximate surface area is 175 Å². The van der Waals surface area contributed by atoms with Crippen LogP contribution in [0.4, 0.5) is 0 Å². The molecule has 2 aromatic carbocycles. The van der Waals surface area contributed by atoms with Gasteiger partial charge in [0, 0.05) is 5.56 Å². The van der Waals surface area contributed by atoms with Gasteiger partial charge in [0.15, 0.2) is 6.10 Å². The molecule has 2 atom stereocenters. The maximum atomic E-state index is 12.5. The van der Waals surface area contributed by atoms with Gasteiger partial charge in [0.2, 0.25) is 0 Å². The van der Waals surface area contributed by atoms with Gasteiger partial charge in [-0.15, -0.1) is 0 Å². The predicted molar refractivity (Wildman–Crippen MR) is 111 cm³/mol. The maximum absolute atomic E-state index is 12.5. The minimum Gasteiger partial charge on any atom is -0.497 e. The first-order chi connectivity index (χ1) is 14.5. The number of carbonyl (C=O) groups is 3. The molecule has 0 saturated heterocycles. The summed E-state index contributed by atoms with van der Waals surface area (Å²) in [6.07, 6.45) is 1.88. The molecular weight excluding hydrogens is 384 g/mol. The molecule has 0 fully saturated rings. The highest BCUT2D eigenvalue weighted by molar-refractivity contribution is 5.96. The van der Waals surface area contributed by atoms with Gasteiger partial charge in [0.1, 0.15) is 12.3 Å². The number of carbonyl (C=O) groups excluding carboxylic acids is 3. The Morgan fingerprint density at radius 3 is 2.73 bits per heavy atom. The summed E-state index contributed by atoms with van der Waals surface area (Å²) >= 11 is 0. The Morgan fingerprint density at radius 1 is 1.13 bits per heavy atom. The van der Waals surface area contributed by atoms with Gasteiger partial charge in [-0.2, -0.15) is 0 Å². The number of benzene rings is 2. The standard InChI is InChI=1S/C23H26N2O5/c1-15(22(27)25-20-12-6-8-16-7-3-4-11-19(16)20)30-21(26)14-24-23(28)17-9-5-10-18(13-17)29-2/h3-5,7,9-11,13,15,20H,6,8,12,14H2,1-2H3,(H,24,28)(H,25,27)/t15-,20-/m1/s1. The molecular formula is C23H26N2O5. The van der Waals surface area contributed by atoms with E-state index in [0.717, 1.165) is 24.8 Å². The van der Waals surface area contributed by atoms with Gasteiger partial charge in [0.05, 0.1) is 13.2 Å². The van der Waals surface area contributed by atoms with Crippen LogP contribution < -0.4 is 15.4 Å². The Bertz CT molecular complexity index is 927. The zero-order valence-corrected chi connectivity index (χ0v) is 17.1. The fourth-order valence-electron chi connectivity index (χ4n) is 3.50. The van der Waals surface area contributed by atoms with Crippen LogP contribution in [0.25, 0.3) is 0 Å². The number of nitrogens with one attached hydrogen (secondary N) is 2. The van der Waals surface area contributed by atoms with E-state index in [1.165, 1.54) is 19.6 Å². The Morgan fingerprint density at radius 2 is 1.93 bits per heavy atom. The van der Waals surface area contributed by atoms with E-state index in [1.807, 2.05) is 18.2 Å². The molecule has 0 aromatic heterocycles. The molecule has 0 aliphatic heterocycles. The third-order valence-corrected chi connectivity index (χ3v) is 5.09. The number of aryl methyl sites for hydroxylation is 1. The van der Waals surface area contributed by atoms with Gasteiger partial charge in [-0.3, -0.25) is 14.4 Å². The van der Waals surface area contributed by atoms with Crippen molar-refractivity contribution >= 4 is 17.8 Å². The summed E-state index contributed by atoms with van der Waals surface area (Å²) in [7, 11) is 1.51. The van der Waals surface area contributed by atoms with Crippen molar-refractivity contribution in [3.05, 3.63) is 65.2 Å². The Balaban J connectivity index is 1.48. The second-order valence-electron chi connectivity index (χ2n) is 7.20. The fraction of sp³-hybridized carbons (Fsp3) is 0.348. The highest BCUT2D eigenvalue weighted by Gasteiger charge is 2.25. The lowest BCUT2D eigenvalue weighted by Gasteiger charge is -2.27. The number of methoxy groups -OCH3 is 1. The van der Waals surface area contributed by atoms with Crippen molar-refractivity contribution in [2.45, 2.75) is 38.3 Å². The predicted octanol–water partition coefficient (Wildman–Crippen LogP) is 2.55. The maximum Gasteiger partial charge on any atom is 0.326 e. The molecule has 0 radical (unpaired) electrons. The highest BCUT2D eigenvalue weighted by Crippen LogP contribution is 2.29. The normalized spacial score (nSPS) is 16.0. The Kier molecular flexibility index (Phi) is 7.06. The Hall–Kier alpha value is -3.35. The molecule has 0 heterocycles. The summed E-state index contributed by atoms with van der Waals surface area (Å²) < 4.78 is 10.3. The molecule has 0 unspecified atom stereocenters. The molecule has 2 aromatic rings. The van der Waals surface area contributed by atoms with Crippen LogP contribution >= 0.6 is 0 Å². The molecule has 1 aliphatic carbocycles. The molecule has 0 spiro atoms. The van der Waals surface area contributed by atoms with Crippen molar-refractivity contribution in [1.29, 1.82) is 0 Å². The van der Waals surface area contributed by atoms with Gasteiger partial charge >= 0.3 is 5.97 Å². The van der Waals surface area contributed by atoms with E-state index in [-0.39, 0.29) is 18.5 Å². The number of rotatable bonds is 7. The molecule has 2 N–H and O–H groups in total. The summed E-state index contributed by atoms with van der Waals surface area (Å²) in [4.78, 5) is 36.7. The van der Waals surface area contributed by atoms with E-state index in [2.05, 4.69) is 16.7 Å². The molecule has 7 heteroatoms. The molecule has 7 nitrogen and oxygen atoms in total. The summed E-state index contributed by atoms with van der Waals surface area (Å²) in [5.41, 5.74) is 2.71. The lowest BCUT2D eigenvalue weighted by molar-refractivity contribution is -0.154.